The minimum atomic E-state index is 0.723. The summed E-state index contributed by atoms with van der Waals surface area (Å²) in [5, 5.41) is 0.982. The number of hydrogen-bond donors (Lipinski definition) is 0. The fourth-order valence-electron chi connectivity index (χ4n) is 1.31. The highest BCUT2D eigenvalue weighted by molar-refractivity contribution is 9.10. The van der Waals surface area contributed by atoms with Crippen molar-refractivity contribution in [3.8, 4) is 15.5 Å². The Kier molecular flexibility index (Phi) is 3.44. The zero-order valence-electron chi connectivity index (χ0n) is 8.37. The zero-order valence-corrected chi connectivity index (χ0v) is 10.8. The second kappa shape index (κ2) is 4.81. The van der Waals surface area contributed by atoms with Gasteiger partial charge in [-0.25, -0.2) is 0 Å². The van der Waals surface area contributed by atoms with Crippen LogP contribution in [0.2, 0.25) is 0 Å². The Balaban J connectivity index is 2.25. The van der Waals surface area contributed by atoms with E-state index in [0.717, 1.165) is 16.1 Å². The average molecular weight is 283 g/mol. The molecule has 0 amide bonds. The Morgan fingerprint density at radius 2 is 1.87 bits per heavy atom. The van der Waals surface area contributed by atoms with Gasteiger partial charge in [-0.1, -0.05) is 39.4 Å². The van der Waals surface area contributed by atoms with Gasteiger partial charge in [-0.15, -0.1) is 0 Å². The first kappa shape index (κ1) is 10.7. The lowest BCUT2D eigenvalue weighted by Gasteiger charge is -1.98. The normalized spacial score (nSPS) is 10.3. The minimum absolute atomic E-state index is 0.723. The molecule has 3 heteroatoms. The highest BCUT2D eigenvalue weighted by Crippen LogP contribution is 2.33. The third-order valence-electron chi connectivity index (χ3n) is 2.00. The minimum Gasteiger partial charge on any atom is -0.484 e. The van der Waals surface area contributed by atoms with E-state index in [2.05, 4.69) is 46.3 Å². The van der Waals surface area contributed by atoms with Crippen LogP contribution in [0.25, 0.3) is 10.4 Å². The van der Waals surface area contributed by atoms with Crippen LogP contribution in [0.15, 0.2) is 40.9 Å². The molecule has 0 aliphatic heterocycles. The van der Waals surface area contributed by atoms with Crippen LogP contribution in [0.1, 0.15) is 6.92 Å². The van der Waals surface area contributed by atoms with Gasteiger partial charge in [0.15, 0.2) is 5.06 Å². The first-order chi connectivity index (χ1) is 7.29. The van der Waals surface area contributed by atoms with Gasteiger partial charge in [-0.2, -0.15) is 0 Å². The summed E-state index contributed by atoms with van der Waals surface area (Å²) in [5.41, 5.74) is 1.23. The number of hydrogen-bond acceptors (Lipinski definition) is 2. The molecule has 0 unspecified atom stereocenters. The van der Waals surface area contributed by atoms with Crippen LogP contribution in [0.3, 0.4) is 0 Å². The fraction of sp³-hybridized carbons (Fsp3) is 0.167. The van der Waals surface area contributed by atoms with Crippen molar-refractivity contribution >= 4 is 27.3 Å². The molecule has 1 nitrogen and oxygen atoms in total. The van der Waals surface area contributed by atoms with Crippen molar-refractivity contribution in [1.29, 1.82) is 0 Å². The van der Waals surface area contributed by atoms with Gasteiger partial charge >= 0.3 is 0 Å². The van der Waals surface area contributed by atoms with Crippen molar-refractivity contribution in [2.24, 2.45) is 0 Å². The quantitative estimate of drug-likeness (QED) is 0.801. The van der Waals surface area contributed by atoms with Gasteiger partial charge < -0.3 is 4.74 Å². The molecule has 2 aromatic rings. The molecule has 1 aromatic heterocycles. The summed E-state index contributed by atoms with van der Waals surface area (Å²) in [6.07, 6.45) is 0. The van der Waals surface area contributed by atoms with Crippen LogP contribution in [0.4, 0.5) is 0 Å². The molecule has 0 bridgehead atoms. The summed E-state index contributed by atoms with van der Waals surface area (Å²) < 4.78 is 6.55. The van der Waals surface area contributed by atoms with Crippen molar-refractivity contribution in [2.45, 2.75) is 6.92 Å². The molecule has 0 saturated heterocycles. The van der Waals surface area contributed by atoms with Gasteiger partial charge in [-0.05, 0) is 36.8 Å². The Morgan fingerprint density at radius 3 is 2.53 bits per heavy atom. The lowest BCUT2D eigenvalue weighted by molar-refractivity contribution is 0.350. The number of rotatable bonds is 3. The molecule has 1 heterocycles. The fourth-order valence-corrected chi connectivity index (χ4v) is 2.49. The molecular weight excluding hydrogens is 272 g/mol. The topological polar surface area (TPSA) is 9.23 Å². The molecular formula is C12H11BrOS. The van der Waals surface area contributed by atoms with E-state index in [4.69, 9.17) is 4.74 Å². The van der Waals surface area contributed by atoms with E-state index in [1.807, 2.05) is 13.0 Å². The number of thiophene rings is 1. The highest BCUT2D eigenvalue weighted by Gasteiger charge is 2.02. The predicted molar refractivity (Wildman–Crippen MR) is 68.6 cm³/mol. The predicted octanol–water partition coefficient (Wildman–Crippen LogP) is 4.58. The third kappa shape index (κ3) is 2.61. The van der Waals surface area contributed by atoms with Crippen LogP contribution in [-0.2, 0) is 0 Å². The van der Waals surface area contributed by atoms with Crippen LogP contribution < -0.4 is 4.74 Å². The molecule has 0 radical (unpaired) electrons. The highest BCUT2D eigenvalue weighted by atomic mass is 79.9. The Morgan fingerprint density at radius 1 is 1.13 bits per heavy atom. The molecule has 0 saturated carbocycles. The van der Waals surface area contributed by atoms with E-state index in [1.54, 1.807) is 11.3 Å². The largest absolute Gasteiger partial charge is 0.484 e. The lowest BCUT2D eigenvalue weighted by atomic mass is 10.2. The molecule has 0 N–H and O–H groups in total. The van der Waals surface area contributed by atoms with Gasteiger partial charge in [0.2, 0.25) is 0 Å². The monoisotopic (exact) mass is 282 g/mol. The smallest absolute Gasteiger partial charge is 0.174 e. The molecule has 0 fully saturated rings. The molecule has 78 valence electrons. The van der Waals surface area contributed by atoms with E-state index < -0.39 is 0 Å². The van der Waals surface area contributed by atoms with E-state index in [-0.39, 0.29) is 0 Å². The molecule has 0 spiro atoms. The molecule has 1 aromatic carbocycles. The maximum absolute atomic E-state index is 5.44. The maximum atomic E-state index is 5.44. The Bertz CT molecular complexity index is 433. The van der Waals surface area contributed by atoms with Crippen molar-refractivity contribution in [3.63, 3.8) is 0 Å². The first-order valence-electron chi connectivity index (χ1n) is 4.78. The van der Waals surface area contributed by atoms with E-state index in [1.165, 1.54) is 10.4 Å². The third-order valence-corrected chi connectivity index (χ3v) is 3.57. The number of benzene rings is 1. The SMILES string of the molecule is CCOc1ccc(-c2ccc(Br)cc2)s1. The molecule has 2 rings (SSSR count). The zero-order chi connectivity index (χ0) is 10.7. The molecule has 0 aliphatic rings. The molecule has 15 heavy (non-hydrogen) atoms. The number of ether oxygens (including phenoxy) is 1. The second-order valence-electron chi connectivity index (χ2n) is 3.06. The van der Waals surface area contributed by atoms with Crippen LogP contribution in [0.5, 0.6) is 5.06 Å². The summed E-state index contributed by atoms with van der Waals surface area (Å²) in [5.74, 6) is 0. The second-order valence-corrected chi connectivity index (χ2v) is 5.02. The lowest BCUT2D eigenvalue weighted by Crippen LogP contribution is -1.86. The number of halogens is 1. The average Bonchev–Trinajstić information content (AvgIpc) is 2.68. The van der Waals surface area contributed by atoms with Crippen LogP contribution >= 0.6 is 27.3 Å². The van der Waals surface area contributed by atoms with E-state index in [9.17, 15) is 0 Å². The molecule has 0 aliphatic carbocycles. The Hall–Kier alpha value is -0.800. The van der Waals surface area contributed by atoms with Gasteiger partial charge in [-0.3, -0.25) is 0 Å². The van der Waals surface area contributed by atoms with Gasteiger partial charge in [0, 0.05) is 9.35 Å². The van der Waals surface area contributed by atoms with Crippen LogP contribution in [0, 0.1) is 0 Å². The van der Waals surface area contributed by atoms with Gasteiger partial charge in [0.25, 0.3) is 0 Å². The van der Waals surface area contributed by atoms with Crippen LogP contribution in [-0.4, -0.2) is 6.61 Å². The standard InChI is InChI=1S/C12H11BrOS/c1-2-14-12-8-7-11(15-12)9-3-5-10(13)6-4-9/h3-8H,2H2,1H3. The van der Waals surface area contributed by atoms with E-state index >= 15 is 0 Å². The maximum Gasteiger partial charge on any atom is 0.174 e. The summed E-state index contributed by atoms with van der Waals surface area (Å²) >= 11 is 5.11. The Labute approximate surface area is 102 Å². The summed E-state index contributed by atoms with van der Waals surface area (Å²) in [6.45, 7) is 2.72. The summed E-state index contributed by atoms with van der Waals surface area (Å²) in [7, 11) is 0. The van der Waals surface area contributed by atoms with Crippen molar-refractivity contribution in [1.82, 2.24) is 0 Å². The summed E-state index contributed by atoms with van der Waals surface area (Å²) in [4.78, 5) is 1.24. The van der Waals surface area contributed by atoms with Gasteiger partial charge in [0.05, 0.1) is 6.61 Å². The first-order valence-corrected chi connectivity index (χ1v) is 6.39. The molecule has 0 atom stereocenters. The summed E-state index contributed by atoms with van der Waals surface area (Å²) in [6, 6.07) is 12.4. The van der Waals surface area contributed by atoms with Gasteiger partial charge in [0.1, 0.15) is 0 Å². The van der Waals surface area contributed by atoms with E-state index in [0.29, 0.717) is 0 Å². The van der Waals surface area contributed by atoms with Crippen molar-refractivity contribution < 1.29 is 4.74 Å². The van der Waals surface area contributed by atoms with Crippen molar-refractivity contribution in [2.75, 3.05) is 6.61 Å². The van der Waals surface area contributed by atoms with Crippen molar-refractivity contribution in [3.05, 3.63) is 40.9 Å².